The minimum atomic E-state index is -0.369. The van der Waals surface area contributed by atoms with Crippen molar-refractivity contribution >= 4 is 11.6 Å². The third-order valence-electron chi connectivity index (χ3n) is 4.99. The SMILES string of the molecule is Fc1ccc(C(NC2CCCCC2)c2nnc(-c3ccccc3)o2)c(Cl)c1. The molecule has 2 aromatic carbocycles. The molecule has 1 atom stereocenters. The van der Waals surface area contributed by atoms with Gasteiger partial charge >= 0.3 is 0 Å². The van der Waals surface area contributed by atoms with Crippen LogP contribution in [-0.4, -0.2) is 16.2 Å². The molecule has 0 radical (unpaired) electrons. The van der Waals surface area contributed by atoms with Crippen molar-refractivity contribution in [1.29, 1.82) is 0 Å². The molecule has 1 fully saturated rings. The van der Waals surface area contributed by atoms with Crippen molar-refractivity contribution < 1.29 is 8.81 Å². The van der Waals surface area contributed by atoms with Crippen LogP contribution in [0.4, 0.5) is 4.39 Å². The average molecular weight is 386 g/mol. The van der Waals surface area contributed by atoms with E-state index < -0.39 is 0 Å². The molecule has 0 amide bonds. The van der Waals surface area contributed by atoms with Crippen molar-refractivity contribution in [3.05, 3.63) is 70.8 Å². The van der Waals surface area contributed by atoms with Gasteiger partial charge in [0.15, 0.2) is 0 Å². The third-order valence-corrected chi connectivity index (χ3v) is 5.32. The number of benzene rings is 2. The van der Waals surface area contributed by atoms with E-state index in [9.17, 15) is 4.39 Å². The summed E-state index contributed by atoms with van der Waals surface area (Å²) in [6.07, 6.45) is 5.84. The van der Waals surface area contributed by atoms with Gasteiger partial charge in [0.2, 0.25) is 11.8 Å². The molecule has 1 aliphatic carbocycles. The number of halogens is 2. The minimum absolute atomic E-state index is 0.344. The van der Waals surface area contributed by atoms with Crippen molar-refractivity contribution in [1.82, 2.24) is 15.5 Å². The lowest BCUT2D eigenvalue weighted by atomic mass is 9.94. The second-order valence-corrected chi connectivity index (χ2v) is 7.32. The van der Waals surface area contributed by atoms with Crippen LogP contribution in [0.3, 0.4) is 0 Å². The van der Waals surface area contributed by atoms with Gasteiger partial charge in [-0.1, -0.05) is 55.1 Å². The van der Waals surface area contributed by atoms with Crippen LogP contribution >= 0.6 is 11.6 Å². The zero-order valence-corrected chi connectivity index (χ0v) is 15.6. The summed E-state index contributed by atoms with van der Waals surface area (Å²) in [6, 6.07) is 14.0. The molecule has 1 aromatic heterocycles. The second kappa shape index (κ2) is 8.19. The van der Waals surface area contributed by atoms with Crippen LogP contribution in [0.1, 0.15) is 49.6 Å². The van der Waals surface area contributed by atoms with Gasteiger partial charge in [0, 0.05) is 16.6 Å². The Bertz CT molecular complexity index is 893. The van der Waals surface area contributed by atoms with Gasteiger partial charge in [-0.2, -0.15) is 0 Å². The van der Waals surface area contributed by atoms with E-state index in [2.05, 4.69) is 15.5 Å². The van der Waals surface area contributed by atoms with Gasteiger partial charge in [-0.15, -0.1) is 10.2 Å². The maximum atomic E-state index is 13.5. The fourth-order valence-electron chi connectivity index (χ4n) is 3.58. The number of nitrogens with one attached hydrogen (secondary N) is 1. The lowest BCUT2D eigenvalue weighted by Gasteiger charge is -2.27. The summed E-state index contributed by atoms with van der Waals surface area (Å²) in [4.78, 5) is 0. The van der Waals surface area contributed by atoms with E-state index in [1.54, 1.807) is 6.07 Å². The second-order valence-electron chi connectivity index (χ2n) is 6.91. The molecule has 6 heteroatoms. The standard InChI is InChI=1S/C21H21ClFN3O/c22-18-13-15(23)11-12-17(18)19(24-16-9-5-2-6-10-16)21-26-25-20(27-21)14-7-3-1-4-8-14/h1,3-4,7-8,11-13,16,19,24H,2,5-6,9-10H2. The van der Waals surface area contributed by atoms with Crippen LogP contribution in [0.25, 0.3) is 11.5 Å². The highest BCUT2D eigenvalue weighted by Gasteiger charge is 2.27. The summed E-state index contributed by atoms with van der Waals surface area (Å²) in [6.45, 7) is 0. The van der Waals surface area contributed by atoms with Crippen LogP contribution in [-0.2, 0) is 0 Å². The molecule has 4 rings (SSSR count). The first kappa shape index (κ1) is 18.1. The maximum Gasteiger partial charge on any atom is 0.247 e. The van der Waals surface area contributed by atoms with Crippen LogP contribution in [0.2, 0.25) is 5.02 Å². The third kappa shape index (κ3) is 4.20. The lowest BCUT2D eigenvalue weighted by Crippen LogP contribution is -2.35. The monoisotopic (exact) mass is 385 g/mol. The Balaban J connectivity index is 1.68. The van der Waals surface area contributed by atoms with Gasteiger partial charge in [0.05, 0.1) is 0 Å². The molecular weight excluding hydrogens is 365 g/mol. The Kier molecular flexibility index (Phi) is 5.50. The minimum Gasteiger partial charge on any atom is -0.419 e. The average Bonchev–Trinajstić information content (AvgIpc) is 3.18. The highest BCUT2D eigenvalue weighted by atomic mass is 35.5. The van der Waals surface area contributed by atoms with E-state index in [1.807, 2.05) is 30.3 Å². The first-order valence-electron chi connectivity index (χ1n) is 9.30. The normalized spacial score (nSPS) is 16.4. The molecule has 1 heterocycles. The van der Waals surface area contributed by atoms with Gasteiger partial charge < -0.3 is 4.42 Å². The molecule has 3 aromatic rings. The number of aromatic nitrogens is 2. The highest BCUT2D eigenvalue weighted by molar-refractivity contribution is 6.31. The Morgan fingerprint density at radius 1 is 1.04 bits per heavy atom. The van der Waals surface area contributed by atoms with Crippen LogP contribution < -0.4 is 5.32 Å². The van der Waals surface area contributed by atoms with Crippen molar-refractivity contribution in [2.75, 3.05) is 0 Å². The summed E-state index contributed by atoms with van der Waals surface area (Å²) < 4.78 is 19.5. The highest BCUT2D eigenvalue weighted by Crippen LogP contribution is 2.32. The maximum absolute atomic E-state index is 13.5. The van der Waals surface area contributed by atoms with Crippen molar-refractivity contribution in [3.8, 4) is 11.5 Å². The Morgan fingerprint density at radius 3 is 2.56 bits per heavy atom. The molecule has 4 nitrogen and oxygen atoms in total. The number of hydrogen-bond donors (Lipinski definition) is 1. The predicted molar refractivity (Wildman–Crippen MR) is 103 cm³/mol. The van der Waals surface area contributed by atoms with Gasteiger partial charge in [0.25, 0.3) is 0 Å². The first-order valence-corrected chi connectivity index (χ1v) is 9.68. The van der Waals surface area contributed by atoms with Crippen LogP contribution in [0.5, 0.6) is 0 Å². The molecule has 1 N–H and O–H groups in total. The summed E-state index contributed by atoms with van der Waals surface area (Å²) in [5.41, 5.74) is 1.60. The van der Waals surface area contributed by atoms with E-state index in [4.69, 9.17) is 16.0 Å². The molecule has 0 spiro atoms. The number of hydrogen-bond acceptors (Lipinski definition) is 4. The summed E-state index contributed by atoms with van der Waals surface area (Å²) in [5, 5.41) is 12.4. The Labute approximate surface area is 162 Å². The van der Waals surface area contributed by atoms with Crippen molar-refractivity contribution in [2.24, 2.45) is 0 Å². The van der Waals surface area contributed by atoms with Crippen LogP contribution in [0, 0.1) is 5.82 Å². The molecule has 0 bridgehead atoms. The van der Waals surface area contributed by atoms with Crippen molar-refractivity contribution in [3.63, 3.8) is 0 Å². The van der Waals surface area contributed by atoms with Gasteiger partial charge in [-0.25, -0.2) is 4.39 Å². The fraction of sp³-hybridized carbons (Fsp3) is 0.333. The van der Waals surface area contributed by atoms with E-state index in [1.165, 1.54) is 31.4 Å². The molecule has 1 unspecified atom stereocenters. The van der Waals surface area contributed by atoms with E-state index in [0.717, 1.165) is 24.0 Å². The lowest BCUT2D eigenvalue weighted by molar-refractivity contribution is 0.329. The predicted octanol–water partition coefficient (Wildman–Crippen LogP) is 5.54. The molecule has 0 aliphatic heterocycles. The molecular formula is C21H21ClFN3O. The van der Waals surface area contributed by atoms with Crippen molar-refractivity contribution in [2.45, 2.75) is 44.2 Å². The summed E-state index contributed by atoms with van der Waals surface area (Å²) in [5.74, 6) is 0.530. The summed E-state index contributed by atoms with van der Waals surface area (Å²) in [7, 11) is 0. The number of rotatable bonds is 5. The number of nitrogens with zero attached hydrogens (tertiary/aromatic N) is 2. The van der Waals surface area contributed by atoms with Gasteiger partial charge in [0.1, 0.15) is 11.9 Å². The fourth-order valence-corrected chi connectivity index (χ4v) is 3.86. The van der Waals surface area contributed by atoms with Gasteiger partial charge in [-0.3, -0.25) is 5.32 Å². The molecule has 27 heavy (non-hydrogen) atoms. The molecule has 0 saturated heterocycles. The summed E-state index contributed by atoms with van der Waals surface area (Å²) >= 11 is 6.35. The van der Waals surface area contributed by atoms with Crippen LogP contribution in [0.15, 0.2) is 52.9 Å². The first-order chi connectivity index (χ1) is 13.2. The Morgan fingerprint density at radius 2 is 1.81 bits per heavy atom. The zero-order chi connectivity index (χ0) is 18.6. The quantitative estimate of drug-likeness (QED) is 0.626. The topological polar surface area (TPSA) is 51.0 Å². The zero-order valence-electron chi connectivity index (χ0n) is 14.9. The molecule has 1 aliphatic rings. The largest absolute Gasteiger partial charge is 0.419 e. The molecule has 1 saturated carbocycles. The van der Waals surface area contributed by atoms with E-state index >= 15 is 0 Å². The molecule has 140 valence electrons. The van der Waals surface area contributed by atoms with E-state index in [-0.39, 0.29) is 11.9 Å². The smallest absolute Gasteiger partial charge is 0.247 e. The Hall–Kier alpha value is -2.24. The van der Waals surface area contributed by atoms with E-state index in [0.29, 0.717) is 22.8 Å². The van der Waals surface area contributed by atoms with Gasteiger partial charge in [-0.05, 0) is 42.7 Å².